The summed E-state index contributed by atoms with van der Waals surface area (Å²) in [6, 6.07) is 7.33. The van der Waals surface area contributed by atoms with E-state index in [1.807, 2.05) is 24.3 Å². The first-order valence-corrected chi connectivity index (χ1v) is 6.10. The number of ketones is 1. The molecule has 2 unspecified atom stereocenters. The lowest BCUT2D eigenvalue weighted by Gasteiger charge is -2.09. The highest BCUT2D eigenvalue weighted by Crippen LogP contribution is 2.14. The fraction of sp³-hybridized carbons (Fsp3) is 0.462. The molecule has 1 aromatic carbocycles. The highest BCUT2D eigenvalue weighted by Gasteiger charge is 2.28. The molecule has 3 nitrogen and oxygen atoms in total. The molecule has 0 bridgehead atoms. The van der Waals surface area contributed by atoms with E-state index in [9.17, 15) is 4.79 Å². The zero-order valence-electron chi connectivity index (χ0n) is 9.78. The van der Waals surface area contributed by atoms with E-state index >= 15 is 0 Å². The summed E-state index contributed by atoms with van der Waals surface area (Å²) in [4.78, 5) is 12.0. The molecule has 0 aromatic heterocycles. The number of nitrogens with one attached hydrogen (secondary N) is 1. The molecule has 0 radical (unpaired) electrons. The van der Waals surface area contributed by atoms with Crippen LogP contribution in [0, 0.1) is 0 Å². The summed E-state index contributed by atoms with van der Waals surface area (Å²) < 4.78 is 5.23. The van der Waals surface area contributed by atoms with Gasteiger partial charge in [0.2, 0.25) is 0 Å². The maximum absolute atomic E-state index is 12.0. The molecule has 1 aromatic rings. The van der Waals surface area contributed by atoms with E-state index < -0.39 is 0 Å². The first kappa shape index (κ1) is 12.6. The third kappa shape index (κ3) is 3.28. The van der Waals surface area contributed by atoms with Gasteiger partial charge in [-0.05, 0) is 24.1 Å². The maximum Gasteiger partial charge on any atom is 0.154 e. The number of carbonyl (C=O) groups excluding carboxylic acids is 1. The molecule has 1 aliphatic heterocycles. The van der Waals surface area contributed by atoms with Crippen LogP contribution in [0.2, 0.25) is 5.02 Å². The fourth-order valence-corrected chi connectivity index (χ4v) is 2.18. The molecule has 4 heteroatoms. The van der Waals surface area contributed by atoms with E-state index in [4.69, 9.17) is 16.3 Å². The molecule has 1 saturated heterocycles. The number of halogens is 1. The number of hydrogen-bond donors (Lipinski definition) is 1. The first-order valence-electron chi connectivity index (χ1n) is 5.72. The van der Waals surface area contributed by atoms with Crippen LogP contribution in [0.4, 0.5) is 0 Å². The third-order valence-electron chi connectivity index (χ3n) is 3.10. The minimum absolute atomic E-state index is 0.0735. The van der Waals surface area contributed by atoms with Crippen LogP contribution in [0.3, 0.4) is 0 Å². The van der Waals surface area contributed by atoms with E-state index in [0.29, 0.717) is 11.4 Å². The molecule has 0 saturated carbocycles. The Kier molecular flexibility index (Phi) is 4.15. The molecule has 0 aliphatic carbocycles. The van der Waals surface area contributed by atoms with Crippen LogP contribution in [0.5, 0.6) is 0 Å². The highest BCUT2D eigenvalue weighted by atomic mass is 35.5. The summed E-state index contributed by atoms with van der Waals surface area (Å²) in [7, 11) is 1.68. The van der Waals surface area contributed by atoms with Gasteiger partial charge in [0.05, 0.1) is 12.1 Å². The number of benzene rings is 1. The summed E-state index contributed by atoms with van der Waals surface area (Å²) >= 11 is 5.80. The Hall–Kier alpha value is -0.900. The predicted molar refractivity (Wildman–Crippen MR) is 67.4 cm³/mol. The van der Waals surface area contributed by atoms with Gasteiger partial charge in [-0.15, -0.1) is 0 Å². The average molecular weight is 254 g/mol. The van der Waals surface area contributed by atoms with Gasteiger partial charge in [0.25, 0.3) is 0 Å². The standard InChI is InChI=1S/C13H16ClNO2/c1-17-11-7-12(15-8-11)13(16)6-9-2-4-10(14)5-3-9/h2-5,11-12,15H,6-8H2,1H3. The Morgan fingerprint density at radius 2 is 2.18 bits per heavy atom. The third-order valence-corrected chi connectivity index (χ3v) is 3.36. The lowest BCUT2D eigenvalue weighted by atomic mass is 10.0. The zero-order valence-corrected chi connectivity index (χ0v) is 10.5. The Labute approximate surface area is 106 Å². The number of ether oxygens (including phenoxy) is 1. The second kappa shape index (κ2) is 5.63. The van der Waals surface area contributed by atoms with E-state index in [0.717, 1.165) is 18.5 Å². The largest absolute Gasteiger partial charge is 0.380 e. The molecule has 1 fully saturated rings. The van der Waals surface area contributed by atoms with Crippen molar-refractivity contribution in [1.29, 1.82) is 0 Å². The number of Topliss-reactive ketones (excluding diaryl/α,β-unsaturated/α-hetero) is 1. The van der Waals surface area contributed by atoms with Crippen molar-refractivity contribution in [1.82, 2.24) is 5.32 Å². The quantitative estimate of drug-likeness (QED) is 0.890. The van der Waals surface area contributed by atoms with Gasteiger partial charge in [-0.2, -0.15) is 0 Å². The van der Waals surface area contributed by atoms with Crippen molar-refractivity contribution in [3.8, 4) is 0 Å². The molecule has 1 heterocycles. The van der Waals surface area contributed by atoms with Crippen LogP contribution in [0.15, 0.2) is 24.3 Å². The van der Waals surface area contributed by atoms with Gasteiger partial charge in [0.1, 0.15) is 0 Å². The smallest absolute Gasteiger partial charge is 0.154 e. The normalized spacial score (nSPS) is 23.9. The van der Waals surface area contributed by atoms with Crippen LogP contribution < -0.4 is 5.32 Å². The van der Waals surface area contributed by atoms with Gasteiger partial charge in [-0.25, -0.2) is 0 Å². The van der Waals surface area contributed by atoms with Crippen molar-refractivity contribution in [2.24, 2.45) is 0 Å². The fourth-order valence-electron chi connectivity index (χ4n) is 2.05. The van der Waals surface area contributed by atoms with Crippen molar-refractivity contribution in [2.75, 3.05) is 13.7 Å². The summed E-state index contributed by atoms with van der Waals surface area (Å²) in [5, 5.41) is 3.88. The topological polar surface area (TPSA) is 38.3 Å². The van der Waals surface area contributed by atoms with Gasteiger partial charge in [-0.3, -0.25) is 4.79 Å². The van der Waals surface area contributed by atoms with Crippen LogP contribution in [0.25, 0.3) is 0 Å². The van der Waals surface area contributed by atoms with Crippen LogP contribution in [0.1, 0.15) is 12.0 Å². The van der Waals surface area contributed by atoms with Crippen molar-refractivity contribution >= 4 is 17.4 Å². The molecule has 1 N–H and O–H groups in total. The van der Waals surface area contributed by atoms with Crippen LogP contribution in [-0.4, -0.2) is 31.6 Å². The highest BCUT2D eigenvalue weighted by molar-refractivity contribution is 6.30. The molecule has 2 rings (SSSR count). The van der Waals surface area contributed by atoms with Gasteiger partial charge in [-0.1, -0.05) is 23.7 Å². The van der Waals surface area contributed by atoms with E-state index in [-0.39, 0.29) is 17.9 Å². The van der Waals surface area contributed by atoms with Gasteiger partial charge < -0.3 is 10.1 Å². The molecule has 0 spiro atoms. The molecule has 92 valence electrons. The Morgan fingerprint density at radius 3 is 2.76 bits per heavy atom. The summed E-state index contributed by atoms with van der Waals surface area (Å²) in [5.41, 5.74) is 1.00. The minimum Gasteiger partial charge on any atom is -0.380 e. The van der Waals surface area contributed by atoms with E-state index in [2.05, 4.69) is 5.32 Å². The van der Waals surface area contributed by atoms with Gasteiger partial charge in [0, 0.05) is 25.1 Å². The second-order valence-corrected chi connectivity index (χ2v) is 4.76. The Bertz CT molecular complexity index is 391. The van der Waals surface area contributed by atoms with Crippen molar-refractivity contribution in [3.05, 3.63) is 34.9 Å². The Balaban J connectivity index is 1.91. The van der Waals surface area contributed by atoms with Gasteiger partial charge >= 0.3 is 0 Å². The number of hydrogen-bond acceptors (Lipinski definition) is 3. The SMILES string of the molecule is COC1CNC(C(=O)Cc2ccc(Cl)cc2)C1. The number of carbonyl (C=O) groups is 1. The van der Waals surface area contributed by atoms with Crippen LogP contribution >= 0.6 is 11.6 Å². The van der Waals surface area contributed by atoms with E-state index in [1.54, 1.807) is 7.11 Å². The lowest BCUT2D eigenvalue weighted by molar-refractivity contribution is -0.120. The van der Waals surface area contributed by atoms with Crippen molar-refractivity contribution < 1.29 is 9.53 Å². The van der Waals surface area contributed by atoms with E-state index in [1.165, 1.54) is 0 Å². The number of rotatable bonds is 4. The van der Waals surface area contributed by atoms with Crippen LogP contribution in [-0.2, 0) is 16.0 Å². The maximum atomic E-state index is 12.0. The molecule has 17 heavy (non-hydrogen) atoms. The van der Waals surface area contributed by atoms with Gasteiger partial charge in [0.15, 0.2) is 5.78 Å². The molecule has 2 atom stereocenters. The lowest BCUT2D eigenvalue weighted by Crippen LogP contribution is -2.31. The second-order valence-electron chi connectivity index (χ2n) is 4.32. The number of methoxy groups -OCH3 is 1. The minimum atomic E-state index is -0.0735. The molecular weight excluding hydrogens is 238 g/mol. The Morgan fingerprint density at radius 1 is 1.47 bits per heavy atom. The van der Waals surface area contributed by atoms with Crippen molar-refractivity contribution in [2.45, 2.75) is 25.0 Å². The average Bonchev–Trinajstić information content (AvgIpc) is 2.81. The summed E-state index contributed by atoms with van der Waals surface area (Å²) in [6.45, 7) is 0.757. The zero-order chi connectivity index (χ0) is 12.3. The summed E-state index contributed by atoms with van der Waals surface area (Å²) in [5.74, 6) is 0.215. The van der Waals surface area contributed by atoms with Crippen molar-refractivity contribution in [3.63, 3.8) is 0 Å². The predicted octanol–water partition coefficient (Wildman–Crippen LogP) is 1.83. The first-order chi connectivity index (χ1) is 8.19. The monoisotopic (exact) mass is 253 g/mol. The molecule has 0 amide bonds. The molecular formula is C13H16ClNO2. The summed E-state index contributed by atoms with van der Waals surface area (Å²) in [6.07, 6.45) is 1.38. The molecule has 1 aliphatic rings.